The lowest BCUT2D eigenvalue weighted by Gasteiger charge is -2.47. The number of benzene rings is 1. The van der Waals surface area contributed by atoms with E-state index in [1.807, 2.05) is 51.1 Å². The van der Waals surface area contributed by atoms with Gasteiger partial charge in [0, 0.05) is 24.9 Å². The van der Waals surface area contributed by atoms with Crippen LogP contribution in [-0.4, -0.2) is 90.0 Å². The molecule has 4 N–H and O–H groups in total. The average Bonchev–Trinajstić information content (AvgIpc) is 3.53. The van der Waals surface area contributed by atoms with E-state index in [1.54, 1.807) is 0 Å². The number of hydrogen-bond donors (Lipinski definition) is 4. The first-order valence-corrected chi connectivity index (χ1v) is 18.5. The van der Waals surface area contributed by atoms with Gasteiger partial charge in [0.05, 0.1) is 34.8 Å². The minimum Gasteiger partial charge on any atom is -0.472 e. The van der Waals surface area contributed by atoms with Gasteiger partial charge in [0.1, 0.15) is 12.3 Å². The predicted molar refractivity (Wildman–Crippen MR) is 180 cm³/mol. The molecule has 2 fully saturated rings. The zero-order valence-corrected chi connectivity index (χ0v) is 29.3. The summed E-state index contributed by atoms with van der Waals surface area (Å²) in [6, 6.07) is 8.01. The molecule has 2 aromatic rings. The van der Waals surface area contributed by atoms with E-state index in [1.165, 1.54) is 32.4 Å². The molecule has 1 saturated heterocycles. The summed E-state index contributed by atoms with van der Waals surface area (Å²) in [5.74, 6) is -0.612. The Bertz CT molecular complexity index is 1470. The molecule has 1 saturated carbocycles. The summed E-state index contributed by atoms with van der Waals surface area (Å²) < 4.78 is 29.1. The Morgan fingerprint density at radius 1 is 1.00 bits per heavy atom. The number of piperidine rings is 1. The smallest absolute Gasteiger partial charge is 0.255 e. The Balaban J connectivity index is 1.62. The largest absolute Gasteiger partial charge is 0.472 e. The fourth-order valence-electron chi connectivity index (χ4n) is 6.79. The number of rotatable bonds is 12. The van der Waals surface area contributed by atoms with Gasteiger partial charge in [-0.3, -0.25) is 19.3 Å². The molecule has 260 valence electrons. The first kappa shape index (κ1) is 36.6. The molecule has 2 heterocycles. The molecular formula is C35H52N4O7S. The number of likely N-dealkylation sites (tertiary alicyclic amines) is 1. The van der Waals surface area contributed by atoms with Crippen LogP contribution >= 0.6 is 0 Å². The molecule has 6 atom stereocenters. The molecule has 11 nitrogen and oxygen atoms in total. The lowest BCUT2D eigenvalue weighted by Crippen LogP contribution is -2.64. The normalized spacial score (nSPS) is 22.7. The highest BCUT2D eigenvalue weighted by atomic mass is 32.2. The van der Waals surface area contributed by atoms with Crippen LogP contribution in [0, 0.1) is 11.8 Å². The number of nitrogens with one attached hydrogen (secondary N) is 3. The van der Waals surface area contributed by atoms with Crippen LogP contribution in [0.2, 0.25) is 0 Å². The Hall–Kier alpha value is -3.22. The number of sulfone groups is 1. The monoisotopic (exact) mass is 672 g/mol. The predicted octanol–water partition coefficient (Wildman–Crippen LogP) is 3.09. The summed E-state index contributed by atoms with van der Waals surface area (Å²) in [4.78, 5) is 42.8. The molecule has 1 aliphatic heterocycles. The van der Waals surface area contributed by atoms with Gasteiger partial charge in [-0.2, -0.15) is 0 Å². The van der Waals surface area contributed by atoms with Crippen LogP contribution in [-0.2, 0) is 25.8 Å². The Kier molecular flexibility index (Phi) is 11.6. The maximum absolute atomic E-state index is 14.1. The molecule has 3 amide bonds. The number of furan rings is 1. The van der Waals surface area contributed by atoms with E-state index in [2.05, 4.69) is 20.9 Å². The van der Waals surface area contributed by atoms with Crippen molar-refractivity contribution in [1.29, 1.82) is 0 Å². The Labute approximate surface area is 279 Å². The van der Waals surface area contributed by atoms with E-state index in [0.717, 1.165) is 37.5 Å². The van der Waals surface area contributed by atoms with Crippen LogP contribution in [0.4, 0.5) is 0 Å². The number of aliphatic hydroxyl groups excluding tert-OH is 1. The summed E-state index contributed by atoms with van der Waals surface area (Å²) in [5.41, 5.74) is 0.571. The van der Waals surface area contributed by atoms with Gasteiger partial charge in [-0.15, -0.1) is 0 Å². The van der Waals surface area contributed by atoms with Crippen LogP contribution in [0.15, 0.2) is 53.3 Å². The number of carbonyl (C=O) groups is 3. The number of aliphatic hydroxyl groups is 1. The quantitative estimate of drug-likeness (QED) is 0.268. The van der Waals surface area contributed by atoms with Crippen LogP contribution in [0.5, 0.6) is 0 Å². The summed E-state index contributed by atoms with van der Waals surface area (Å²) in [5, 5.41) is 20.5. The van der Waals surface area contributed by atoms with Gasteiger partial charge < -0.3 is 25.5 Å². The van der Waals surface area contributed by atoms with E-state index >= 15 is 0 Å². The zero-order chi connectivity index (χ0) is 34.6. The fraction of sp³-hybridized carbons (Fsp3) is 0.629. The minimum atomic E-state index is -3.86. The van der Waals surface area contributed by atoms with E-state index in [-0.39, 0.29) is 24.4 Å². The van der Waals surface area contributed by atoms with Crippen LogP contribution in [0.3, 0.4) is 0 Å². The second kappa shape index (κ2) is 14.9. The highest BCUT2D eigenvalue weighted by Crippen LogP contribution is 2.39. The van der Waals surface area contributed by atoms with Crippen molar-refractivity contribution in [2.24, 2.45) is 11.8 Å². The SMILES string of the molecule is CC(C)(C)NC(=O)[C@@H]1CC2CCCCC2CN1C[C@@H](O)[C@H](Cc1ccccc1)NC(=O)[C@@H](NC(=O)c1ccoc1)C(C)(C)S(C)(=O)=O. The number of amides is 3. The highest BCUT2D eigenvalue weighted by Gasteiger charge is 2.46. The molecular weight excluding hydrogens is 620 g/mol. The highest BCUT2D eigenvalue weighted by molar-refractivity contribution is 7.92. The van der Waals surface area contributed by atoms with Crippen molar-refractivity contribution in [3.63, 3.8) is 0 Å². The van der Waals surface area contributed by atoms with E-state index in [4.69, 9.17) is 4.42 Å². The first-order valence-electron chi connectivity index (χ1n) is 16.6. The van der Waals surface area contributed by atoms with Crippen molar-refractivity contribution < 1.29 is 32.3 Å². The standard InChI is InChI=1S/C35H52N4O7S/c1-34(2,3)38-32(42)28-19-24-14-10-11-15-25(24)20-39(28)21-29(40)27(18-23-12-8-7-9-13-23)36-33(43)30(35(4,5)47(6,44)45)37-31(41)26-16-17-46-22-26/h7-9,12-13,16-17,22,24-25,27-30,40H,10-11,14-15,18-21H2,1-6H3,(H,36,43)(H,37,41)(H,38,42)/t24?,25?,27-,28-,29+,30+/m0/s1. The first-order chi connectivity index (χ1) is 22.0. The van der Waals surface area contributed by atoms with Gasteiger partial charge >= 0.3 is 0 Å². The third kappa shape index (κ3) is 9.45. The summed E-state index contributed by atoms with van der Waals surface area (Å²) in [6.45, 7) is 9.41. The molecule has 4 rings (SSSR count). The second-order valence-corrected chi connectivity index (χ2v) is 17.5. The third-order valence-corrected chi connectivity index (χ3v) is 11.9. The zero-order valence-electron chi connectivity index (χ0n) is 28.5. The van der Waals surface area contributed by atoms with Crippen molar-refractivity contribution in [3.8, 4) is 0 Å². The van der Waals surface area contributed by atoms with Crippen molar-refractivity contribution in [2.45, 2.75) is 108 Å². The van der Waals surface area contributed by atoms with Gasteiger partial charge in [0.25, 0.3) is 5.91 Å². The molecule has 0 radical (unpaired) electrons. The molecule has 1 aromatic carbocycles. The maximum Gasteiger partial charge on any atom is 0.255 e. The molecule has 0 spiro atoms. The van der Waals surface area contributed by atoms with Crippen molar-refractivity contribution in [3.05, 3.63) is 60.1 Å². The molecule has 12 heteroatoms. The number of fused-ring (bicyclic) bond motifs is 1. The maximum atomic E-state index is 14.1. The lowest BCUT2D eigenvalue weighted by atomic mass is 9.72. The minimum absolute atomic E-state index is 0.0747. The molecule has 0 bridgehead atoms. The van der Waals surface area contributed by atoms with Gasteiger partial charge in [0.2, 0.25) is 11.8 Å². The molecule has 1 aliphatic carbocycles. The van der Waals surface area contributed by atoms with E-state index < -0.39 is 56.2 Å². The number of nitrogens with zero attached hydrogens (tertiary/aromatic N) is 1. The molecule has 2 unspecified atom stereocenters. The Morgan fingerprint density at radius 2 is 1.66 bits per heavy atom. The molecule has 2 aliphatic rings. The van der Waals surface area contributed by atoms with Crippen molar-refractivity contribution in [1.82, 2.24) is 20.9 Å². The second-order valence-electron chi connectivity index (χ2n) is 14.9. The average molecular weight is 673 g/mol. The van der Waals surface area contributed by atoms with Gasteiger partial charge in [-0.05, 0) is 77.3 Å². The van der Waals surface area contributed by atoms with Crippen LogP contribution in [0.25, 0.3) is 0 Å². The van der Waals surface area contributed by atoms with Gasteiger partial charge in [-0.25, -0.2) is 8.42 Å². The van der Waals surface area contributed by atoms with Crippen molar-refractivity contribution >= 4 is 27.6 Å². The third-order valence-electron chi connectivity index (χ3n) is 9.79. The molecule has 47 heavy (non-hydrogen) atoms. The van der Waals surface area contributed by atoms with Crippen LogP contribution < -0.4 is 16.0 Å². The summed E-state index contributed by atoms with van der Waals surface area (Å²) >= 11 is 0. The topological polar surface area (TPSA) is 158 Å². The Morgan fingerprint density at radius 3 is 2.26 bits per heavy atom. The fourth-order valence-corrected chi connectivity index (χ4v) is 7.38. The number of β-amino-alcohol motifs (C(OH)–C–C–N with tert-alkyl or cyclic N) is 1. The van der Waals surface area contributed by atoms with Crippen LogP contribution in [0.1, 0.15) is 82.6 Å². The van der Waals surface area contributed by atoms with E-state index in [0.29, 0.717) is 24.8 Å². The number of carbonyl (C=O) groups excluding carboxylic acids is 3. The summed E-state index contributed by atoms with van der Waals surface area (Å²) in [6.07, 6.45) is 7.85. The summed E-state index contributed by atoms with van der Waals surface area (Å²) in [7, 11) is -3.86. The van der Waals surface area contributed by atoms with Gasteiger partial charge in [0.15, 0.2) is 9.84 Å². The van der Waals surface area contributed by atoms with Gasteiger partial charge in [-0.1, -0.05) is 49.6 Å². The van der Waals surface area contributed by atoms with Crippen molar-refractivity contribution in [2.75, 3.05) is 19.3 Å². The lowest BCUT2D eigenvalue weighted by molar-refractivity contribution is -0.133. The number of hydrogen-bond acceptors (Lipinski definition) is 8. The van der Waals surface area contributed by atoms with E-state index in [9.17, 15) is 27.9 Å². The molecule has 1 aromatic heterocycles.